The van der Waals surface area contributed by atoms with Gasteiger partial charge in [0.25, 0.3) is 10.2 Å². The fraction of sp³-hybridized carbons (Fsp3) is 0.462. The van der Waals surface area contributed by atoms with E-state index in [1.165, 1.54) is 4.31 Å². The second-order valence-electron chi connectivity index (χ2n) is 5.47. The van der Waals surface area contributed by atoms with E-state index >= 15 is 0 Å². The van der Waals surface area contributed by atoms with Crippen LogP contribution in [0, 0.1) is 0 Å². The highest BCUT2D eigenvalue weighted by molar-refractivity contribution is 7.86. The Kier molecular flexibility index (Phi) is 4.02. The molecule has 120 valence electrons. The van der Waals surface area contributed by atoms with E-state index in [4.69, 9.17) is 16.7 Å². The number of nitrogens with zero attached hydrogens (tertiary/aromatic N) is 2. The maximum absolute atomic E-state index is 12.5. The number of fused-ring (bicyclic) bond motifs is 1. The summed E-state index contributed by atoms with van der Waals surface area (Å²) in [7, 11) is -3.68. The molecule has 2 heterocycles. The van der Waals surface area contributed by atoms with Crippen molar-refractivity contribution in [3.8, 4) is 0 Å². The number of hydrogen-bond donors (Lipinski definition) is 2. The zero-order valence-corrected chi connectivity index (χ0v) is 13.4. The van der Waals surface area contributed by atoms with Gasteiger partial charge in [0.15, 0.2) is 0 Å². The zero-order chi connectivity index (χ0) is 15.9. The molecule has 0 aliphatic carbocycles. The van der Waals surface area contributed by atoms with Gasteiger partial charge in [-0.3, -0.25) is 4.79 Å². The van der Waals surface area contributed by atoms with Crippen LogP contribution in [0.3, 0.4) is 0 Å². The molecule has 7 nitrogen and oxygen atoms in total. The molecule has 0 radical (unpaired) electrons. The van der Waals surface area contributed by atoms with Gasteiger partial charge in [-0.05, 0) is 23.8 Å². The lowest BCUT2D eigenvalue weighted by molar-refractivity contribution is -0.133. The third-order valence-corrected chi connectivity index (χ3v) is 5.35. The number of hydrogen-bond acceptors (Lipinski definition) is 4. The highest BCUT2D eigenvalue weighted by atomic mass is 35.5. The van der Waals surface area contributed by atoms with Crippen molar-refractivity contribution in [2.75, 3.05) is 31.5 Å². The Labute approximate surface area is 134 Å². The molecular weight excluding hydrogens is 328 g/mol. The molecule has 1 fully saturated rings. The van der Waals surface area contributed by atoms with Gasteiger partial charge in [-0.2, -0.15) is 12.7 Å². The van der Waals surface area contributed by atoms with Crippen molar-refractivity contribution < 1.29 is 13.2 Å². The van der Waals surface area contributed by atoms with Gasteiger partial charge in [0.05, 0.1) is 0 Å². The SMILES string of the molecule is NS(=O)(=O)N1CCN(C(=O)[C@H]2Cc3cc(Cl)ccc3N2)CC1. The van der Waals surface area contributed by atoms with Crippen LogP contribution in [0.15, 0.2) is 18.2 Å². The summed E-state index contributed by atoms with van der Waals surface area (Å²) >= 11 is 5.96. The van der Waals surface area contributed by atoms with E-state index < -0.39 is 10.2 Å². The third kappa shape index (κ3) is 3.05. The van der Waals surface area contributed by atoms with E-state index in [1.54, 1.807) is 11.0 Å². The smallest absolute Gasteiger partial charge is 0.277 e. The van der Waals surface area contributed by atoms with E-state index in [9.17, 15) is 13.2 Å². The Hall–Kier alpha value is -1.35. The lowest BCUT2D eigenvalue weighted by Gasteiger charge is -2.34. The minimum absolute atomic E-state index is 0.0265. The number of amides is 1. The monoisotopic (exact) mass is 344 g/mol. The first-order chi connectivity index (χ1) is 10.3. The molecule has 0 aromatic heterocycles. The fourth-order valence-electron chi connectivity index (χ4n) is 2.86. The van der Waals surface area contributed by atoms with Crippen molar-refractivity contribution in [3.63, 3.8) is 0 Å². The van der Waals surface area contributed by atoms with E-state index in [1.807, 2.05) is 12.1 Å². The normalized spacial score (nSPS) is 22.3. The molecule has 3 N–H and O–H groups in total. The number of benzene rings is 1. The Morgan fingerprint density at radius 3 is 2.59 bits per heavy atom. The van der Waals surface area contributed by atoms with Crippen LogP contribution < -0.4 is 10.5 Å². The Bertz CT molecular complexity index is 701. The molecular formula is C13H17ClN4O3S. The summed E-state index contributed by atoms with van der Waals surface area (Å²) in [6.45, 7) is 1.17. The zero-order valence-electron chi connectivity index (χ0n) is 11.8. The van der Waals surface area contributed by atoms with E-state index in [-0.39, 0.29) is 25.0 Å². The summed E-state index contributed by atoms with van der Waals surface area (Å²) in [6.07, 6.45) is 0.587. The molecule has 1 aromatic carbocycles. The Morgan fingerprint density at radius 1 is 1.27 bits per heavy atom. The van der Waals surface area contributed by atoms with E-state index in [2.05, 4.69) is 5.32 Å². The van der Waals surface area contributed by atoms with Crippen molar-refractivity contribution in [1.29, 1.82) is 0 Å². The molecule has 2 aliphatic heterocycles. The average molecular weight is 345 g/mol. The summed E-state index contributed by atoms with van der Waals surface area (Å²) < 4.78 is 23.7. The van der Waals surface area contributed by atoms with Gasteiger partial charge in [-0.25, -0.2) is 5.14 Å². The molecule has 22 heavy (non-hydrogen) atoms. The highest BCUT2D eigenvalue weighted by Crippen LogP contribution is 2.29. The van der Waals surface area contributed by atoms with Crippen molar-refractivity contribution in [2.24, 2.45) is 5.14 Å². The largest absolute Gasteiger partial charge is 0.373 e. The summed E-state index contributed by atoms with van der Waals surface area (Å²) in [5.74, 6) is -0.0265. The second kappa shape index (κ2) is 5.69. The number of rotatable bonds is 2. The van der Waals surface area contributed by atoms with Crippen LogP contribution in [0.1, 0.15) is 5.56 Å². The number of nitrogens with one attached hydrogen (secondary N) is 1. The van der Waals surface area contributed by atoms with Crippen LogP contribution in [0.4, 0.5) is 5.69 Å². The van der Waals surface area contributed by atoms with Crippen LogP contribution in [0.2, 0.25) is 5.02 Å². The van der Waals surface area contributed by atoms with Crippen molar-refractivity contribution in [3.05, 3.63) is 28.8 Å². The standard InChI is InChI=1S/C13H17ClN4O3S/c14-10-1-2-11-9(7-10)8-12(16-11)13(19)17-3-5-18(6-4-17)22(15,20)21/h1-2,7,12,16H,3-6,8H2,(H2,15,20,21)/t12-/m1/s1. The molecule has 2 aliphatic rings. The molecule has 1 amide bonds. The molecule has 1 atom stereocenters. The Balaban J connectivity index is 1.63. The van der Waals surface area contributed by atoms with Gasteiger partial charge in [0.1, 0.15) is 6.04 Å². The lowest BCUT2D eigenvalue weighted by atomic mass is 10.1. The summed E-state index contributed by atoms with van der Waals surface area (Å²) in [4.78, 5) is 14.2. The number of carbonyl (C=O) groups is 1. The topological polar surface area (TPSA) is 95.7 Å². The van der Waals surface area contributed by atoms with Crippen molar-refractivity contribution >= 4 is 33.4 Å². The molecule has 0 spiro atoms. The first-order valence-corrected chi connectivity index (χ1v) is 8.84. The number of carbonyl (C=O) groups excluding carboxylic acids is 1. The molecule has 3 rings (SSSR count). The predicted molar refractivity (Wildman–Crippen MR) is 83.8 cm³/mol. The number of halogens is 1. The molecule has 9 heteroatoms. The number of piperazine rings is 1. The van der Waals surface area contributed by atoms with Crippen LogP contribution in [0.25, 0.3) is 0 Å². The van der Waals surface area contributed by atoms with Crippen LogP contribution >= 0.6 is 11.6 Å². The summed E-state index contributed by atoms with van der Waals surface area (Å²) in [5, 5.41) is 8.94. The van der Waals surface area contributed by atoms with Gasteiger partial charge in [0, 0.05) is 43.3 Å². The lowest BCUT2D eigenvalue weighted by Crippen LogP contribution is -2.54. The average Bonchev–Trinajstić information content (AvgIpc) is 2.88. The van der Waals surface area contributed by atoms with Gasteiger partial charge < -0.3 is 10.2 Å². The van der Waals surface area contributed by atoms with Gasteiger partial charge in [0.2, 0.25) is 5.91 Å². The second-order valence-corrected chi connectivity index (χ2v) is 7.45. The van der Waals surface area contributed by atoms with Crippen LogP contribution in [0.5, 0.6) is 0 Å². The Morgan fingerprint density at radius 2 is 1.95 bits per heavy atom. The molecule has 0 saturated carbocycles. The minimum Gasteiger partial charge on any atom is -0.373 e. The molecule has 0 bridgehead atoms. The van der Waals surface area contributed by atoms with Crippen LogP contribution in [-0.2, 0) is 21.4 Å². The predicted octanol–water partition coefficient (Wildman–Crippen LogP) is 0.0243. The van der Waals surface area contributed by atoms with Crippen molar-refractivity contribution in [1.82, 2.24) is 9.21 Å². The van der Waals surface area contributed by atoms with Gasteiger partial charge in [-0.15, -0.1) is 0 Å². The van der Waals surface area contributed by atoms with E-state index in [0.29, 0.717) is 24.5 Å². The number of nitrogens with two attached hydrogens (primary N) is 1. The van der Waals surface area contributed by atoms with Crippen molar-refractivity contribution in [2.45, 2.75) is 12.5 Å². The molecule has 0 unspecified atom stereocenters. The third-order valence-electron chi connectivity index (χ3n) is 4.03. The van der Waals surface area contributed by atoms with E-state index in [0.717, 1.165) is 11.3 Å². The minimum atomic E-state index is -3.68. The van der Waals surface area contributed by atoms with Gasteiger partial charge in [-0.1, -0.05) is 11.6 Å². The highest BCUT2D eigenvalue weighted by Gasteiger charge is 2.33. The first kappa shape index (κ1) is 15.5. The number of anilines is 1. The van der Waals surface area contributed by atoms with Crippen LogP contribution in [-0.4, -0.2) is 55.8 Å². The fourth-order valence-corrected chi connectivity index (χ4v) is 3.73. The molecule has 1 aromatic rings. The first-order valence-electron chi connectivity index (χ1n) is 6.96. The maximum atomic E-state index is 12.5. The molecule has 1 saturated heterocycles. The summed E-state index contributed by atoms with van der Waals surface area (Å²) in [6, 6.07) is 5.18. The maximum Gasteiger partial charge on any atom is 0.277 e. The summed E-state index contributed by atoms with van der Waals surface area (Å²) in [5.41, 5.74) is 1.94. The van der Waals surface area contributed by atoms with Gasteiger partial charge >= 0.3 is 0 Å². The quantitative estimate of drug-likeness (QED) is 0.791.